The van der Waals surface area contributed by atoms with Gasteiger partial charge in [-0.3, -0.25) is 9.69 Å². The summed E-state index contributed by atoms with van der Waals surface area (Å²) in [5, 5.41) is 13.2. The minimum absolute atomic E-state index is 0. The summed E-state index contributed by atoms with van der Waals surface area (Å²) < 4.78 is 11.9. The van der Waals surface area contributed by atoms with Crippen molar-refractivity contribution in [3.05, 3.63) is 64.7 Å². The molecule has 3 aliphatic rings. The second kappa shape index (κ2) is 11.0. The van der Waals surface area contributed by atoms with E-state index in [2.05, 4.69) is 10.2 Å². The molecular formula is C27H32Cl2N2O5. The third-order valence-corrected chi connectivity index (χ3v) is 7.85. The Hall–Kier alpha value is -2.32. The lowest BCUT2D eigenvalue weighted by Gasteiger charge is -2.48. The number of rotatable bonds is 7. The molecule has 194 valence electrons. The first-order valence-corrected chi connectivity index (χ1v) is 12.7. The van der Waals surface area contributed by atoms with Crippen molar-refractivity contribution in [2.45, 2.75) is 55.7 Å². The predicted molar refractivity (Wildman–Crippen MR) is 139 cm³/mol. The lowest BCUT2D eigenvalue weighted by molar-refractivity contribution is -0.145. The van der Waals surface area contributed by atoms with E-state index in [9.17, 15) is 14.7 Å². The van der Waals surface area contributed by atoms with Gasteiger partial charge < -0.3 is 19.9 Å². The number of nitrogens with one attached hydrogen (secondary N) is 1. The zero-order valence-electron chi connectivity index (χ0n) is 20.1. The van der Waals surface area contributed by atoms with Crippen molar-refractivity contribution in [2.24, 2.45) is 0 Å². The molecular weight excluding hydrogens is 503 g/mol. The van der Waals surface area contributed by atoms with E-state index in [0.717, 1.165) is 43.5 Å². The summed E-state index contributed by atoms with van der Waals surface area (Å²) in [7, 11) is 0. The van der Waals surface area contributed by atoms with E-state index in [1.807, 2.05) is 36.4 Å². The topological polar surface area (TPSA) is 88.1 Å². The lowest BCUT2D eigenvalue weighted by Crippen LogP contribution is -2.65. The molecule has 1 saturated carbocycles. The second-order valence-electron chi connectivity index (χ2n) is 9.85. The first kappa shape index (κ1) is 26.7. The number of ether oxygens (including phenoxy) is 2. The van der Waals surface area contributed by atoms with Gasteiger partial charge in [-0.05, 0) is 81.0 Å². The van der Waals surface area contributed by atoms with Gasteiger partial charge in [-0.15, -0.1) is 12.4 Å². The molecule has 2 aromatic carbocycles. The maximum absolute atomic E-state index is 14.0. The van der Waals surface area contributed by atoms with Gasteiger partial charge in [-0.1, -0.05) is 29.8 Å². The molecule has 1 atom stereocenters. The number of piperidine rings is 1. The van der Waals surface area contributed by atoms with Crippen LogP contribution in [-0.2, 0) is 15.1 Å². The number of hydrogen-bond donors (Lipinski definition) is 2. The van der Waals surface area contributed by atoms with Crippen LogP contribution in [0.25, 0.3) is 0 Å². The highest BCUT2D eigenvalue weighted by Gasteiger charge is 2.52. The van der Waals surface area contributed by atoms with Gasteiger partial charge in [-0.2, -0.15) is 0 Å². The summed E-state index contributed by atoms with van der Waals surface area (Å²) in [5.41, 5.74) is 0.131. The van der Waals surface area contributed by atoms with E-state index in [-0.39, 0.29) is 30.0 Å². The molecule has 0 aromatic heterocycles. The second-order valence-corrected chi connectivity index (χ2v) is 10.3. The van der Waals surface area contributed by atoms with Crippen LogP contribution in [0.1, 0.15) is 54.4 Å². The minimum Gasteiger partial charge on any atom is -0.489 e. The lowest BCUT2D eigenvalue weighted by atomic mass is 9.84. The number of benzene rings is 2. The summed E-state index contributed by atoms with van der Waals surface area (Å²) in [6.07, 6.45) is 4.82. The normalized spacial score (nSPS) is 22.6. The fourth-order valence-electron chi connectivity index (χ4n) is 5.43. The number of halogens is 2. The molecule has 2 aliphatic heterocycles. The van der Waals surface area contributed by atoms with E-state index < -0.39 is 17.0 Å². The molecule has 0 spiro atoms. The average molecular weight is 535 g/mol. The summed E-state index contributed by atoms with van der Waals surface area (Å²) in [6, 6.07) is 14.3. The van der Waals surface area contributed by atoms with Crippen LogP contribution in [0.5, 0.6) is 5.75 Å². The number of hydrogen-bond acceptors (Lipinski definition) is 5. The van der Waals surface area contributed by atoms with Gasteiger partial charge in [-0.25, -0.2) is 4.79 Å². The molecule has 1 amide bonds. The highest BCUT2D eigenvalue weighted by atomic mass is 35.5. The third kappa shape index (κ3) is 5.49. The van der Waals surface area contributed by atoms with Crippen molar-refractivity contribution >= 4 is 35.9 Å². The van der Waals surface area contributed by atoms with Gasteiger partial charge in [0.2, 0.25) is 5.91 Å². The van der Waals surface area contributed by atoms with E-state index >= 15 is 0 Å². The fourth-order valence-corrected chi connectivity index (χ4v) is 5.61. The van der Waals surface area contributed by atoms with Gasteiger partial charge in [0.15, 0.2) is 0 Å². The van der Waals surface area contributed by atoms with Crippen molar-refractivity contribution in [3.63, 3.8) is 0 Å². The van der Waals surface area contributed by atoms with Gasteiger partial charge >= 0.3 is 5.97 Å². The smallest absolute Gasteiger partial charge is 0.335 e. The zero-order chi connectivity index (χ0) is 24.5. The molecule has 1 aliphatic carbocycles. The average Bonchev–Trinajstić information content (AvgIpc) is 3.65. The van der Waals surface area contributed by atoms with Crippen LogP contribution < -0.4 is 10.1 Å². The number of likely N-dealkylation sites (tertiary alicyclic amines) is 1. The maximum atomic E-state index is 14.0. The van der Waals surface area contributed by atoms with Crippen LogP contribution in [0.4, 0.5) is 0 Å². The summed E-state index contributed by atoms with van der Waals surface area (Å²) in [4.78, 5) is 27.5. The summed E-state index contributed by atoms with van der Waals surface area (Å²) in [5.74, 6) is -0.174. The molecule has 0 bridgehead atoms. The number of aromatic carboxylic acids is 1. The first-order chi connectivity index (χ1) is 16.9. The van der Waals surface area contributed by atoms with Crippen LogP contribution in [-0.4, -0.2) is 59.8 Å². The molecule has 9 heteroatoms. The predicted octanol–water partition coefficient (Wildman–Crippen LogP) is 4.66. The van der Waals surface area contributed by atoms with Crippen LogP contribution in [0.15, 0.2) is 48.5 Å². The van der Waals surface area contributed by atoms with Crippen LogP contribution >= 0.6 is 24.0 Å². The Morgan fingerprint density at radius 3 is 2.44 bits per heavy atom. The van der Waals surface area contributed by atoms with Crippen molar-refractivity contribution in [3.8, 4) is 5.75 Å². The Morgan fingerprint density at radius 2 is 1.81 bits per heavy atom. The number of carbonyl (C=O) groups is 2. The zero-order valence-corrected chi connectivity index (χ0v) is 21.7. The van der Waals surface area contributed by atoms with E-state index in [0.29, 0.717) is 37.6 Å². The van der Waals surface area contributed by atoms with Crippen LogP contribution in [0, 0.1) is 0 Å². The Balaban J connectivity index is 0.00000304. The van der Waals surface area contributed by atoms with Gasteiger partial charge in [0.05, 0.1) is 11.1 Å². The summed E-state index contributed by atoms with van der Waals surface area (Å²) >= 11 is 6.13. The Labute approximate surface area is 222 Å². The monoisotopic (exact) mass is 534 g/mol. The van der Waals surface area contributed by atoms with E-state index in [1.165, 1.54) is 0 Å². The minimum atomic E-state index is -0.953. The highest BCUT2D eigenvalue weighted by molar-refractivity contribution is 6.30. The highest BCUT2D eigenvalue weighted by Crippen LogP contribution is 2.46. The first-order valence-electron chi connectivity index (χ1n) is 12.3. The van der Waals surface area contributed by atoms with Crippen molar-refractivity contribution in [1.29, 1.82) is 0 Å². The molecule has 0 unspecified atom stereocenters. The van der Waals surface area contributed by atoms with Gasteiger partial charge in [0.1, 0.15) is 17.4 Å². The molecule has 2 N–H and O–H groups in total. The van der Waals surface area contributed by atoms with Crippen molar-refractivity contribution in [2.75, 3.05) is 26.3 Å². The molecule has 5 rings (SSSR count). The Bertz CT molecular complexity index is 1080. The van der Waals surface area contributed by atoms with Crippen LogP contribution in [0.2, 0.25) is 5.02 Å². The molecule has 2 heterocycles. The van der Waals surface area contributed by atoms with Crippen LogP contribution in [0.3, 0.4) is 0 Å². The quantitative estimate of drug-likeness (QED) is 0.537. The number of carbonyl (C=O) groups excluding carboxylic acids is 1. The fraction of sp³-hybridized carbons (Fsp3) is 0.481. The maximum Gasteiger partial charge on any atom is 0.335 e. The third-order valence-electron chi connectivity index (χ3n) is 7.61. The number of amides is 1. The Kier molecular flexibility index (Phi) is 8.15. The van der Waals surface area contributed by atoms with Crippen molar-refractivity contribution < 1.29 is 24.2 Å². The van der Waals surface area contributed by atoms with Crippen molar-refractivity contribution in [1.82, 2.24) is 10.2 Å². The SMILES string of the molecule is Cl.O=C(O)c1ccc(C2(NC(=O)C3(N4CCC[C@@H](Oc5cccc(Cl)c5)C4)CCOCC3)CC2)cc1. The van der Waals surface area contributed by atoms with E-state index in [1.54, 1.807) is 12.1 Å². The molecule has 36 heavy (non-hydrogen) atoms. The number of carboxylic acid groups (broad SMARTS) is 1. The summed E-state index contributed by atoms with van der Waals surface area (Å²) in [6.45, 7) is 2.59. The van der Waals surface area contributed by atoms with Gasteiger partial charge in [0, 0.05) is 24.8 Å². The number of nitrogens with zero attached hydrogens (tertiary/aromatic N) is 1. The van der Waals surface area contributed by atoms with E-state index in [4.69, 9.17) is 21.1 Å². The molecule has 0 radical (unpaired) electrons. The molecule has 7 nitrogen and oxygen atoms in total. The largest absolute Gasteiger partial charge is 0.489 e. The molecule has 2 saturated heterocycles. The molecule has 3 fully saturated rings. The standard InChI is InChI=1S/C27H31ClN2O5.ClH/c28-21-3-1-4-22(17-21)35-23-5-2-14-30(18-23)27(12-15-34-16-13-27)25(33)29-26(10-11-26)20-8-6-19(7-9-20)24(31)32;/h1,3-4,6-9,17,23H,2,5,10-16,18H2,(H,29,33)(H,31,32);1H/t23-;/m1./s1. The van der Waals surface area contributed by atoms with Gasteiger partial charge in [0.25, 0.3) is 0 Å². The molecule has 2 aromatic rings. The Morgan fingerprint density at radius 1 is 1.08 bits per heavy atom. The number of carboxylic acids is 1.